The van der Waals surface area contributed by atoms with E-state index in [0.29, 0.717) is 18.5 Å². The van der Waals surface area contributed by atoms with Crippen LogP contribution in [-0.2, 0) is 27.8 Å². The Kier molecular flexibility index (Phi) is 7.60. The highest BCUT2D eigenvalue weighted by molar-refractivity contribution is 7.89. The number of rotatable bonds is 9. The van der Waals surface area contributed by atoms with E-state index < -0.39 is 10.0 Å². The van der Waals surface area contributed by atoms with E-state index in [1.165, 1.54) is 4.31 Å². The van der Waals surface area contributed by atoms with E-state index in [1.807, 2.05) is 73.7 Å². The molecule has 0 spiro atoms. The van der Waals surface area contributed by atoms with E-state index in [2.05, 4.69) is 5.32 Å². The number of hydrogen-bond donors (Lipinski definition) is 1. The highest BCUT2D eigenvalue weighted by Gasteiger charge is 2.28. The van der Waals surface area contributed by atoms with Crippen LogP contribution in [0.2, 0.25) is 0 Å². The van der Waals surface area contributed by atoms with E-state index in [0.717, 1.165) is 16.7 Å². The standard InChI is InChI=1S/C25H28N2O3S/c1-20-13-14-21(2)24(17-20)31(29,30)27(16-15-22-9-5-3-6-10-22)19-25(28)26-18-23-11-7-4-8-12-23/h3-14,17H,15-16,18-19H2,1-2H3,(H,26,28). The summed E-state index contributed by atoms with van der Waals surface area (Å²) in [6.07, 6.45) is 0.525. The highest BCUT2D eigenvalue weighted by Crippen LogP contribution is 2.21. The number of amides is 1. The average molecular weight is 437 g/mol. The molecule has 162 valence electrons. The lowest BCUT2D eigenvalue weighted by Gasteiger charge is -2.23. The molecule has 0 aliphatic rings. The quantitative estimate of drug-likeness (QED) is 0.554. The summed E-state index contributed by atoms with van der Waals surface area (Å²) in [5.74, 6) is -0.328. The summed E-state index contributed by atoms with van der Waals surface area (Å²) in [5, 5.41) is 2.83. The van der Waals surface area contributed by atoms with Crippen molar-refractivity contribution < 1.29 is 13.2 Å². The lowest BCUT2D eigenvalue weighted by atomic mass is 10.1. The maximum Gasteiger partial charge on any atom is 0.243 e. The minimum absolute atomic E-state index is 0.221. The number of carbonyl (C=O) groups excluding carboxylic acids is 1. The molecular weight excluding hydrogens is 408 g/mol. The Labute approximate surface area is 184 Å². The van der Waals surface area contributed by atoms with E-state index in [9.17, 15) is 13.2 Å². The minimum atomic E-state index is -3.83. The summed E-state index contributed by atoms with van der Waals surface area (Å²) >= 11 is 0. The Morgan fingerprint density at radius 2 is 1.48 bits per heavy atom. The molecule has 31 heavy (non-hydrogen) atoms. The zero-order valence-corrected chi connectivity index (χ0v) is 18.7. The van der Waals surface area contributed by atoms with Crippen LogP contribution in [0.4, 0.5) is 0 Å². The molecule has 3 aromatic carbocycles. The van der Waals surface area contributed by atoms with Gasteiger partial charge in [-0.2, -0.15) is 4.31 Å². The van der Waals surface area contributed by atoms with Crippen molar-refractivity contribution in [2.24, 2.45) is 0 Å². The second-order valence-corrected chi connectivity index (χ2v) is 9.51. The van der Waals surface area contributed by atoms with Crippen LogP contribution in [0, 0.1) is 13.8 Å². The van der Waals surface area contributed by atoms with Gasteiger partial charge in [-0.05, 0) is 48.6 Å². The van der Waals surface area contributed by atoms with Gasteiger partial charge in [-0.15, -0.1) is 0 Å². The first-order chi connectivity index (χ1) is 14.9. The normalized spacial score (nSPS) is 11.5. The van der Waals surface area contributed by atoms with Gasteiger partial charge in [0, 0.05) is 13.1 Å². The zero-order chi connectivity index (χ0) is 22.3. The van der Waals surface area contributed by atoms with Gasteiger partial charge in [-0.25, -0.2) is 8.42 Å². The van der Waals surface area contributed by atoms with Crippen molar-refractivity contribution in [3.8, 4) is 0 Å². The molecule has 0 aliphatic carbocycles. The third-order valence-electron chi connectivity index (χ3n) is 5.11. The summed E-state index contributed by atoms with van der Waals surface area (Å²) in [6.45, 7) is 3.99. The largest absolute Gasteiger partial charge is 0.351 e. The lowest BCUT2D eigenvalue weighted by Crippen LogP contribution is -2.41. The number of nitrogens with one attached hydrogen (secondary N) is 1. The number of carbonyl (C=O) groups is 1. The number of sulfonamides is 1. The summed E-state index contributed by atoms with van der Waals surface area (Å²) in [6, 6.07) is 24.6. The van der Waals surface area contributed by atoms with Gasteiger partial charge in [0.05, 0.1) is 11.4 Å². The second-order valence-electron chi connectivity index (χ2n) is 7.61. The van der Waals surface area contributed by atoms with Crippen LogP contribution in [0.15, 0.2) is 83.8 Å². The van der Waals surface area contributed by atoms with Crippen LogP contribution in [0.1, 0.15) is 22.3 Å². The van der Waals surface area contributed by atoms with Gasteiger partial charge in [0.1, 0.15) is 0 Å². The summed E-state index contributed by atoms with van der Waals surface area (Å²) in [7, 11) is -3.83. The smallest absolute Gasteiger partial charge is 0.243 e. The van der Waals surface area contributed by atoms with E-state index in [4.69, 9.17) is 0 Å². The van der Waals surface area contributed by atoms with Crippen LogP contribution in [-0.4, -0.2) is 31.7 Å². The van der Waals surface area contributed by atoms with Crippen molar-refractivity contribution in [1.82, 2.24) is 9.62 Å². The first kappa shape index (κ1) is 22.7. The second kappa shape index (κ2) is 10.4. The molecule has 0 unspecified atom stereocenters. The third kappa shape index (κ3) is 6.26. The first-order valence-corrected chi connectivity index (χ1v) is 11.7. The fourth-order valence-corrected chi connectivity index (χ4v) is 5.03. The minimum Gasteiger partial charge on any atom is -0.351 e. The molecule has 0 aliphatic heterocycles. The Balaban J connectivity index is 1.79. The molecule has 0 bridgehead atoms. The predicted octanol–water partition coefficient (Wildman–Crippen LogP) is 3.85. The van der Waals surface area contributed by atoms with E-state index >= 15 is 0 Å². The molecular formula is C25H28N2O3S. The molecule has 3 rings (SSSR count). The van der Waals surface area contributed by atoms with Crippen LogP contribution in [0.3, 0.4) is 0 Å². The van der Waals surface area contributed by atoms with Crippen LogP contribution < -0.4 is 5.32 Å². The molecule has 0 saturated carbocycles. The summed E-state index contributed by atoms with van der Waals surface area (Å²) < 4.78 is 28.2. The zero-order valence-electron chi connectivity index (χ0n) is 17.9. The highest BCUT2D eigenvalue weighted by atomic mass is 32.2. The SMILES string of the molecule is Cc1ccc(C)c(S(=O)(=O)N(CCc2ccccc2)CC(=O)NCc2ccccc2)c1. The van der Waals surface area contributed by atoms with Gasteiger partial charge in [0.25, 0.3) is 0 Å². The Morgan fingerprint density at radius 1 is 0.871 bits per heavy atom. The van der Waals surface area contributed by atoms with E-state index in [1.54, 1.807) is 19.1 Å². The molecule has 0 radical (unpaired) electrons. The van der Waals surface area contributed by atoms with Gasteiger partial charge in [-0.1, -0.05) is 72.8 Å². The molecule has 5 nitrogen and oxygen atoms in total. The monoisotopic (exact) mass is 436 g/mol. The van der Waals surface area contributed by atoms with Crippen molar-refractivity contribution >= 4 is 15.9 Å². The van der Waals surface area contributed by atoms with Crippen molar-refractivity contribution in [2.75, 3.05) is 13.1 Å². The van der Waals surface area contributed by atoms with Crippen LogP contribution in [0.25, 0.3) is 0 Å². The van der Waals surface area contributed by atoms with Crippen molar-refractivity contribution in [2.45, 2.75) is 31.7 Å². The lowest BCUT2D eigenvalue weighted by molar-refractivity contribution is -0.121. The number of nitrogens with zero attached hydrogens (tertiary/aromatic N) is 1. The molecule has 1 amide bonds. The Bertz CT molecular complexity index is 1110. The van der Waals surface area contributed by atoms with Gasteiger partial charge in [0.15, 0.2) is 0 Å². The maximum atomic E-state index is 13.5. The van der Waals surface area contributed by atoms with Gasteiger partial charge in [-0.3, -0.25) is 4.79 Å². The first-order valence-electron chi connectivity index (χ1n) is 10.3. The van der Waals surface area contributed by atoms with E-state index in [-0.39, 0.29) is 23.9 Å². The Hall–Kier alpha value is -2.96. The molecule has 1 N–H and O–H groups in total. The molecule has 0 atom stereocenters. The Morgan fingerprint density at radius 3 is 2.13 bits per heavy atom. The average Bonchev–Trinajstić information content (AvgIpc) is 2.78. The summed E-state index contributed by atoms with van der Waals surface area (Å²) in [4.78, 5) is 12.9. The van der Waals surface area contributed by atoms with Crippen LogP contribution >= 0.6 is 0 Å². The molecule has 6 heteroatoms. The predicted molar refractivity (Wildman–Crippen MR) is 123 cm³/mol. The van der Waals surface area contributed by atoms with Crippen molar-refractivity contribution in [3.63, 3.8) is 0 Å². The molecule has 3 aromatic rings. The number of hydrogen-bond acceptors (Lipinski definition) is 3. The fourth-order valence-electron chi connectivity index (χ4n) is 3.32. The van der Waals surface area contributed by atoms with Crippen LogP contribution in [0.5, 0.6) is 0 Å². The van der Waals surface area contributed by atoms with Gasteiger partial charge >= 0.3 is 0 Å². The maximum absolute atomic E-state index is 13.5. The van der Waals surface area contributed by atoms with Crippen molar-refractivity contribution in [3.05, 3.63) is 101 Å². The third-order valence-corrected chi connectivity index (χ3v) is 7.09. The number of aryl methyl sites for hydroxylation is 2. The molecule has 0 saturated heterocycles. The molecule has 0 fully saturated rings. The molecule has 0 aromatic heterocycles. The topological polar surface area (TPSA) is 66.5 Å². The summed E-state index contributed by atoms with van der Waals surface area (Å²) in [5.41, 5.74) is 3.51. The van der Waals surface area contributed by atoms with Crippen molar-refractivity contribution in [1.29, 1.82) is 0 Å². The van der Waals surface area contributed by atoms with Gasteiger partial charge in [0.2, 0.25) is 15.9 Å². The fraction of sp³-hybridized carbons (Fsp3) is 0.240. The number of benzene rings is 3. The molecule has 0 heterocycles. The van der Waals surface area contributed by atoms with Gasteiger partial charge < -0.3 is 5.32 Å².